The Morgan fingerprint density at radius 2 is 1.86 bits per heavy atom. The number of likely N-dealkylation sites (tertiary alicyclic amines) is 1. The van der Waals surface area contributed by atoms with E-state index in [4.69, 9.17) is 9.47 Å². The topological polar surface area (TPSA) is 49.3 Å². The van der Waals surface area contributed by atoms with E-state index in [9.17, 15) is 0 Å². The molecule has 0 amide bonds. The zero-order chi connectivity index (χ0) is 20.4. The van der Waals surface area contributed by atoms with E-state index in [1.54, 1.807) is 0 Å². The second-order valence-corrected chi connectivity index (χ2v) is 8.54. The summed E-state index contributed by atoms with van der Waals surface area (Å²) >= 11 is 0. The Hall–Kier alpha value is -0.120. The van der Waals surface area contributed by atoms with Crippen LogP contribution in [0, 0.1) is 5.92 Å². The zero-order valence-corrected chi connectivity index (χ0v) is 21.7. The van der Waals surface area contributed by atoms with Crippen LogP contribution < -0.4 is 5.32 Å². The molecule has 29 heavy (non-hydrogen) atoms. The van der Waals surface area contributed by atoms with E-state index >= 15 is 0 Å². The second kappa shape index (κ2) is 14.8. The molecule has 2 aliphatic rings. The number of nitrogens with zero attached hydrogens (tertiary/aromatic N) is 3. The zero-order valence-electron chi connectivity index (χ0n) is 19.4. The van der Waals surface area contributed by atoms with Crippen LogP contribution in [0.25, 0.3) is 0 Å². The van der Waals surface area contributed by atoms with Gasteiger partial charge in [0.05, 0.1) is 18.8 Å². The van der Waals surface area contributed by atoms with Crippen LogP contribution in [0.4, 0.5) is 0 Å². The SMILES string of the molecule is CCC(CC)C(CNC(=NC)N1CCC(OCC2CCCCO2)CC1)N(C)C.I. The molecule has 2 heterocycles. The molecular formula is C22H45IN4O2. The average Bonchev–Trinajstić information content (AvgIpc) is 2.73. The minimum absolute atomic E-state index is 0. The van der Waals surface area contributed by atoms with E-state index < -0.39 is 0 Å². The third-order valence-corrected chi connectivity index (χ3v) is 6.47. The summed E-state index contributed by atoms with van der Waals surface area (Å²) in [6.45, 7) is 9.21. The molecule has 6 nitrogen and oxygen atoms in total. The Labute approximate surface area is 196 Å². The molecule has 0 saturated carbocycles. The number of aliphatic imine (C=N–C) groups is 1. The maximum Gasteiger partial charge on any atom is 0.193 e. The molecule has 0 bridgehead atoms. The van der Waals surface area contributed by atoms with Gasteiger partial charge in [-0.3, -0.25) is 4.99 Å². The molecule has 0 radical (unpaired) electrons. The molecule has 2 fully saturated rings. The van der Waals surface area contributed by atoms with Crippen LogP contribution in [0.2, 0.25) is 0 Å². The van der Waals surface area contributed by atoms with Gasteiger partial charge in [0.15, 0.2) is 5.96 Å². The van der Waals surface area contributed by atoms with Crippen molar-refractivity contribution in [3.63, 3.8) is 0 Å². The summed E-state index contributed by atoms with van der Waals surface area (Å²) in [6.07, 6.45) is 8.87. The van der Waals surface area contributed by atoms with Crippen LogP contribution in [0.5, 0.6) is 0 Å². The van der Waals surface area contributed by atoms with Gasteiger partial charge in [0.2, 0.25) is 0 Å². The lowest BCUT2D eigenvalue weighted by Crippen LogP contribution is -2.51. The largest absolute Gasteiger partial charge is 0.376 e. The first-order valence-electron chi connectivity index (χ1n) is 11.4. The van der Waals surface area contributed by atoms with Crippen LogP contribution >= 0.6 is 24.0 Å². The van der Waals surface area contributed by atoms with Crippen LogP contribution in [-0.2, 0) is 9.47 Å². The smallest absolute Gasteiger partial charge is 0.193 e. The Balaban J connectivity index is 0.00000420. The molecule has 2 unspecified atom stereocenters. The highest BCUT2D eigenvalue weighted by molar-refractivity contribution is 14.0. The lowest BCUT2D eigenvalue weighted by Gasteiger charge is -2.37. The first kappa shape index (κ1) is 26.9. The monoisotopic (exact) mass is 524 g/mol. The molecule has 0 spiro atoms. The van der Waals surface area contributed by atoms with Gasteiger partial charge in [-0.2, -0.15) is 0 Å². The van der Waals surface area contributed by atoms with E-state index in [0.717, 1.165) is 58.1 Å². The van der Waals surface area contributed by atoms with Gasteiger partial charge in [-0.25, -0.2) is 0 Å². The van der Waals surface area contributed by atoms with Crippen molar-refractivity contribution in [2.75, 3.05) is 54.0 Å². The fourth-order valence-corrected chi connectivity index (χ4v) is 4.55. The normalized spacial score (nSPS) is 22.7. The summed E-state index contributed by atoms with van der Waals surface area (Å²) < 4.78 is 11.9. The number of guanidine groups is 1. The highest BCUT2D eigenvalue weighted by atomic mass is 127. The number of piperidine rings is 1. The van der Waals surface area contributed by atoms with E-state index in [0.29, 0.717) is 24.2 Å². The van der Waals surface area contributed by atoms with Gasteiger partial charge in [0.25, 0.3) is 0 Å². The third-order valence-electron chi connectivity index (χ3n) is 6.47. The Kier molecular flexibility index (Phi) is 13.7. The van der Waals surface area contributed by atoms with Gasteiger partial charge in [0.1, 0.15) is 0 Å². The summed E-state index contributed by atoms with van der Waals surface area (Å²) in [5.41, 5.74) is 0. The lowest BCUT2D eigenvalue weighted by atomic mass is 9.93. The quantitative estimate of drug-likeness (QED) is 0.284. The van der Waals surface area contributed by atoms with E-state index in [1.165, 1.54) is 25.7 Å². The van der Waals surface area contributed by atoms with Crippen LogP contribution in [0.3, 0.4) is 0 Å². The molecular weight excluding hydrogens is 479 g/mol. The van der Waals surface area contributed by atoms with E-state index in [1.807, 2.05) is 7.05 Å². The Morgan fingerprint density at radius 1 is 1.17 bits per heavy atom. The lowest BCUT2D eigenvalue weighted by molar-refractivity contribution is -0.0721. The van der Waals surface area contributed by atoms with Crippen molar-refractivity contribution in [1.29, 1.82) is 0 Å². The summed E-state index contributed by atoms with van der Waals surface area (Å²) in [6, 6.07) is 0.531. The van der Waals surface area contributed by atoms with Gasteiger partial charge in [-0.05, 0) is 52.1 Å². The van der Waals surface area contributed by atoms with Gasteiger partial charge in [-0.15, -0.1) is 24.0 Å². The van der Waals surface area contributed by atoms with Crippen LogP contribution in [-0.4, -0.2) is 88.0 Å². The molecule has 2 aliphatic heterocycles. The number of hydrogen-bond acceptors (Lipinski definition) is 4. The summed E-state index contributed by atoms with van der Waals surface area (Å²) in [4.78, 5) is 9.29. The molecule has 2 rings (SSSR count). The minimum Gasteiger partial charge on any atom is -0.376 e. The molecule has 1 N–H and O–H groups in total. The van der Waals surface area contributed by atoms with Gasteiger partial charge in [-0.1, -0.05) is 26.7 Å². The predicted molar refractivity (Wildman–Crippen MR) is 132 cm³/mol. The Morgan fingerprint density at radius 3 is 2.38 bits per heavy atom. The van der Waals surface area contributed by atoms with Crippen molar-refractivity contribution >= 4 is 29.9 Å². The number of halogens is 1. The maximum atomic E-state index is 6.16. The van der Waals surface area contributed by atoms with Crippen LogP contribution in [0.15, 0.2) is 4.99 Å². The fraction of sp³-hybridized carbons (Fsp3) is 0.955. The summed E-state index contributed by atoms with van der Waals surface area (Å²) in [5, 5.41) is 3.64. The minimum atomic E-state index is 0. The Bertz CT molecular complexity index is 446. The molecule has 172 valence electrons. The molecule has 0 aromatic rings. The summed E-state index contributed by atoms with van der Waals surface area (Å²) in [7, 11) is 6.27. The fourth-order valence-electron chi connectivity index (χ4n) is 4.55. The van der Waals surface area contributed by atoms with Gasteiger partial charge >= 0.3 is 0 Å². The van der Waals surface area contributed by atoms with Crippen molar-refractivity contribution < 1.29 is 9.47 Å². The third kappa shape index (κ3) is 8.87. The number of hydrogen-bond donors (Lipinski definition) is 1. The number of ether oxygens (including phenoxy) is 2. The van der Waals surface area contributed by atoms with E-state index in [2.05, 4.69) is 48.1 Å². The van der Waals surface area contributed by atoms with Crippen LogP contribution in [0.1, 0.15) is 58.8 Å². The molecule has 2 atom stereocenters. The van der Waals surface area contributed by atoms with Crippen molar-refractivity contribution in [2.45, 2.75) is 77.0 Å². The first-order chi connectivity index (χ1) is 13.6. The number of rotatable bonds is 9. The van der Waals surface area contributed by atoms with Gasteiger partial charge in [0, 0.05) is 39.3 Å². The van der Waals surface area contributed by atoms with Crippen molar-refractivity contribution in [2.24, 2.45) is 10.9 Å². The molecule has 0 aromatic heterocycles. The van der Waals surface area contributed by atoms with Gasteiger partial charge < -0.3 is 24.6 Å². The number of likely N-dealkylation sites (N-methyl/N-ethyl adjacent to an activating group) is 1. The maximum absolute atomic E-state index is 6.16. The average molecular weight is 525 g/mol. The van der Waals surface area contributed by atoms with Crippen molar-refractivity contribution in [1.82, 2.24) is 15.1 Å². The standard InChI is InChI=1S/C22H44N4O2.HI/c1-6-18(7-2)21(25(4)5)16-24-22(23-3)26-13-11-19(12-14-26)28-17-20-10-8-9-15-27-20;/h18-21H,6-17H2,1-5H3,(H,23,24);1H. The summed E-state index contributed by atoms with van der Waals surface area (Å²) in [5.74, 6) is 1.74. The highest BCUT2D eigenvalue weighted by Gasteiger charge is 2.25. The first-order valence-corrected chi connectivity index (χ1v) is 11.4. The van der Waals surface area contributed by atoms with Crippen molar-refractivity contribution in [3.8, 4) is 0 Å². The number of nitrogens with one attached hydrogen (secondary N) is 1. The molecule has 0 aromatic carbocycles. The highest BCUT2D eigenvalue weighted by Crippen LogP contribution is 2.19. The predicted octanol–water partition coefficient (Wildman–Crippen LogP) is 3.60. The van der Waals surface area contributed by atoms with Crippen molar-refractivity contribution in [3.05, 3.63) is 0 Å². The van der Waals surface area contributed by atoms with E-state index in [-0.39, 0.29) is 24.0 Å². The molecule has 0 aliphatic carbocycles. The molecule has 7 heteroatoms. The second-order valence-electron chi connectivity index (χ2n) is 8.54. The molecule has 2 saturated heterocycles.